The highest BCUT2D eigenvalue weighted by Crippen LogP contribution is 2.59. The van der Waals surface area contributed by atoms with Crippen molar-refractivity contribution in [1.29, 1.82) is 0 Å². The molecule has 3 atom stereocenters. The first-order chi connectivity index (χ1) is 14.2. The van der Waals surface area contributed by atoms with Crippen LogP contribution in [0, 0.1) is 10.8 Å². The molecular weight excluding hydrogens is 416 g/mol. The fraction of sp³-hybridized carbons (Fsp3) is 0.556. The van der Waals surface area contributed by atoms with Crippen molar-refractivity contribution in [3.63, 3.8) is 0 Å². The maximum atomic E-state index is 13.3. The van der Waals surface area contributed by atoms with Gasteiger partial charge in [0.15, 0.2) is 8.32 Å². The molecule has 170 valence electrons. The fourth-order valence-electron chi connectivity index (χ4n) is 4.87. The topological polar surface area (TPSA) is 26.3 Å². The molecule has 1 aromatic rings. The van der Waals surface area contributed by atoms with E-state index in [1.54, 1.807) is 0 Å². The summed E-state index contributed by atoms with van der Waals surface area (Å²) in [5, 5.41) is 2.15. The van der Waals surface area contributed by atoms with E-state index in [0.717, 1.165) is 17.7 Å². The van der Waals surface area contributed by atoms with Crippen LogP contribution in [0.2, 0.25) is 18.1 Å². The summed E-state index contributed by atoms with van der Waals surface area (Å²) in [7, 11) is -3.16. The van der Waals surface area contributed by atoms with Crippen molar-refractivity contribution >= 4 is 19.1 Å². The fourth-order valence-corrected chi connectivity index (χ4v) is 7.50. The molecule has 1 aromatic carbocycles. The summed E-state index contributed by atoms with van der Waals surface area (Å²) in [6.07, 6.45) is 6.75. The first-order valence-electron chi connectivity index (χ1n) is 11.5. The van der Waals surface area contributed by atoms with Gasteiger partial charge >= 0.3 is 0 Å². The van der Waals surface area contributed by atoms with Gasteiger partial charge in [-0.3, -0.25) is 0 Å². The van der Waals surface area contributed by atoms with Gasteiger partial charge in [-0.1, -0.05) is 70.5 Å². The first-order valence-corrected chi connectivity index (χ1v) is 15.6. The van der Waals surface area contributed by atoms with Gasteiger partial charge in [-0.25, -0.2) is 4.21 Å². The van der Waals surface area contributed by atoms with Crippen LogP contribution in [0.3, 0.4) is 0 Å². The van der Waals surface area contributed by atoms with Crippen molar-refractivity contribution in [2.45, 2.75) is 90.4 Å². The Labute approximate surface area is 193 Å². The number of benzene rings is 1. The highest BCUT2D eigenvalue weighted by molar-refractivity contribution is 7.88. The predicted octanol–water partition coefficient (Wildman–Crippen LogP) is 7.78. The maximum absolute atomic E-state index is 13.3. The summed E-state index contributed by atoms with van der Waals surface area (Å²) in [6, 6.07) is 9.77. The molecule has 2 aliphatic rings. The number of allylic oxidation sites excluding steroid dienone is 3. The normalized spacial score (nSPS) is 28.5. The first kappa shape index (κ1) is 24.4. The molecule has 31 heavy (non-hydrogen) atoms. The minimum absolute atomic E-state index is 0.0899. The SMILES string of the molecule is CC1=CC=C2C(C)(C)CC[C@@H](O[Si](C)(C)C(C)(C)C)[C@]2(C)/C1=C/[S@](=O)c1ccccc1. The second-order valence-electron chi connectivity index (χ2n) is 11.6. The van der Waals surface area contributed by atoms with E-state index in [-0.39, 0.29) is 22.0 Å². The molecule has 4 heteroatoms. The van der Waals surface area contributed by atoms with E-state index in [4.69, 9.17) is 4.43 Å². The average Bonchev–Trinajstić information content (AvgIpc) is 2.66. The molecule has 0 amide bonds. The smallest absolute Gasteiger partial charge is 0.192 e. The van der Waals surface area contributed by atoms with Gasteiger partial charge in [0.25, 0.3) is 0 Å². The number of rotatable bonds is 4. The van der Waals surface area contributed by atoms with Crippen LogP contribution in [0.15, 0.2) is 69.5 Å². The second-order valence-corrected chi connectivity index (χ2v) is 17.6. The lowest BCUT2D eigenvalue weighted by Gasteiger charge is -2.55. The Bertz CT molecular complexity index is 947. The van der Waals surface area contributed by atoms with E-state index in [0.29, 0.717) is 0 Å². The summed E-state index contributed by atoms with van der Waals surface area (Å²) in [5.74, 6) is 0. The Morgan fingerprint density at radius 1 is 1.10 bits per heavy atom. The molecule has 0 aromatic heterocycles. The van der Waals surface area contributed by atoms with Crippen LogP contribution in [0.25, 0.3) is 0 Å². The molecule has 2 aliphatic carbocycles. The minimum atomic E-state index is -1.97. The zero-order chi connectivity index (χ0) is 23.2. The molecule has 0 aliphatic heterocycles. The second kappa shape index (κ2) is 8.28. The molecule has 1 fully saturated rings. The molecule has 0 N–H and O–H groups in total. The summed E-state index contributed by atoms with van der Waals surface area (Å²) in [6.45, 7) is 20.8. The van der Waals surface area contributed by atoms with Crippen molar-refractivity contribution in [2.75, 3.05) is 0 Å². The number of hydrogen-bond donors (Lipinski definition) is 0. The molecule has 2 nitrogen and oxygen atoms in total. The van der Waals surface area contributed by atoms with Crippen LogP contribution in [0.4, 0.5) is 0 Å². The third kappa shape index (κ3) is 4.49. The lowest BCUT2D eigenvalue weighted by molar-refractivity contribution is 0.0375. The Hall–Kier alpha value is -1.23. The average molecular weight is 457 g/mol. The summed E-state index contributed by atoms with van der Waals surface area (Å²) in [5.41, 5.74) is 3.59. The van der Waals surface area contributed by atoms with Gasteiger partial charge in [-0.15, -0.1) is 0 Å². The van der Waals surface area contributed by atoms with E-state index < -0.39 is 19.1 Å². The Kier molecular flexibility index (Phi) is 6.52. The zero-order valence-corrected chi connectivity index (χ0v) is 22.7. The van der Waals surface area contributed by atoms with Crippen molar-refractivity contribution in [1.82, 2.24) is 0 Å². The van der Waals surface area contributed by atoms with Crippen LogP contribution >= 0.6 is 0 Å². The molecule has 0 spiro atoms. The third-order valence-corrected chi connectivity index (χ3v) is 13.6. The van der Waals surface area contributed by atoms with Gasteiger partial charge in [-0.05, 0) is 73.5 Å². The van der Waals surface area contributed by atoms with E-state index in [1.807, 2.05) is 35.7 Å². The molecule has 0 heterocycles. The molecule has 3 rings (SSSR count). The third-order valence-electron chi connectivity index (χ3n) is 7.89. The van der Waals surface area contributed by atoms with Gasteiger partial charge < -0.3 is 4.43 Å². The van der Waals surface area contributed by atoms with Gasteiger partial charge in [0.2, 0.25) is 0 Å². The molecule has 0 bridgehead atoms. The van der Waals surface area contributed by atoms with Crippen LogP contribution in [0.5, 0.6) is 0 Å². The summed E-state index contributed by atoms with van der Waals surface area (Å²) in [4.78, 5) is 0.847. The van der Waals surface area contributed by atoms with Crippen LogP contribution in [-0.2, 0) is 15.2 Å². The van der Waals surface area contributed by atoms with E-state index in [2.05, 4.69) is 73.7 Å². The molecule has 0 saturated heterocycles. The minimum Gasteiger partial charge on any atom is -0.413 e. The van der Waals surface area contributed by atoms with E-state index >= 15 is 0 Å². The van der Waals surface area contributed by atoms with Crippen molar-refractivity contribution in [3.05, 3.63) is 64.6 Å². The molecular formula is C27H40O2SSi. The predicted molar refractivity (Wildman–Crippen MR) is 136 cm³/mol. The van der Waals surface area contributed by atoms with Gasteiger partial charge in [0.05, 0.1) is 16.9 Å². The molecule has 1 saturated carbocycles. The molecule has 0 unspecified atom stereocenters. The standard InChI is InChI=1S/C27H40O2SSi/c1-20-15-16-23-26(5,6)18-17-24(29-31(8,9)25(2,3)4)27(23,7)22(20)19-30(28)21-13-11-10-12-14-21/h10-16,19,24H,17-18H2,1-9H3/b22-19+/t24-,27-,30+/m1/s1. The summed E-state index contributed by atoms with van der Waals surface area (Å²) >= 11 is 0. The highest BCUT2D eigenvalue weighted by Gasteiger charge is 2.54. The van der Waals surface area contributed by atoms with Crippen LogP contribution in [0.1, 0.15) is 61.3 Å². The van der Waals surface area contributed by atoms with Crippen LogP contribution < -0.4 is 0 Å². The largest absolute Gasteiger partial charge is 0.413 e. The van der Waals surface area contributed by atoms with Crippen molar-refractivity contribution < 1.29 is 8.63 Å². The quantitative estimate of drug-likeness (QED) is 0.432. The van der Waals surface area contributed by atoms with E-state index in [9.17, 15) is 4.21 Å². The zero-order valence-electron chi connectivity index (χ0n) is 20.8. The number of fused-ring (bicyclic) bond motifs is 1. The summed E-state index contributed by atoms with van der Waals surface area (Å²) < 4.78 is 20.4. The van der Waals surface area contributed by atoms with Crippen LogP contribution in [-0.4, -0.2) is 18.6 Å². The highest BCUT2D eigenvalue weighted by atomic mass is 32.2. The Morgan fingerprint density at radius 3 is 2.29 bits per heavy atom. The lowest BCUT2D eigenvalue weighted by atomic mass is 9.54. The van der Waals surface area contributed by atoms with Crippen molar-refractivity contribution in [3.8, 4) is 0 Å². The Balaban J connectivity index is 2.13. The van der Waals surface area contributed by atoms with E-state index in [1.165, 1.54) is 16.7 Å². The molecule has 0 radical (unpaired) electrons. The number of hydrogen-bond acceptors (Lipinski definition) is 2. The van der Waals surface area contributed by atoms with Gasteiger partial charge in [0.1, 0.15) is 0 Å². The van der Waals surface area contributed by atoms with Crippen molar-refractivity contribution in [2.24, 2.45) is 10.8 Å². The van der Waals surface area contributed by atoms with Gasteiger partial charge in [-0.2, -0.15) is 0 Å². The van der Waals surface area contributed by atoms with Gasteiger partial charge in [0, 0.05) is 15.7 Å². The lowest BCUT2D eigenvalue weighted by Crippen LogP contribution is -2.54. The maximum Gasteiger partial charge on any atom is 0.192 e. The monoisotopic (exact) mass is 456 g/mol. The Morgan fingerprint density at radius 2 is 1.71 bits per heavy atom.